The minimum absolute atomic E-state index is 0.0545. The fourth-order valence-corrected chi connectivity index (χ4v) is 5.47. The van der Waals surface area contributed by atoms with Gasteiger partial charge in [-0.15, -0.1) is 0 Å². The Morgan fingerprint density at radius 3 is 2.23 bits per heavy atom. The summed E-state index contributed by atoms with van der Waals surface area (Å²) in [4.78, 5) is 0. The van der Waals surface area contributed by atoms with E-state index in [2.05, 4.69) is 6.92 Å². The van der Waals surface area contributed by atoms with Crippen molar-refractivity contribution in [3.05, 3.63) is 29.3 Å². The van der Waals surface area contributed by atoms with Crippen LogP contribution < -0.4 is 4.74 Å². The average Bonchev–Trinajstić information content (AvgIpc) is 3.22. The van der Waals surface area contributed by atoms with Gasteiger partial charge in [0.15, 0.2) is 11.6 Å². The lowest BCUT2D eigenvalue weighted by atomic mass is 9.85. The van der Waals surface area contributed by atoms with Crippen LogP contribution in [0.3, 0.4) is 0 Å². The Bertz CT molecular complexity index is 586. The molecular formula is C23H34F2O. The summed E-state index contributed by atoms with van der Waals surface area (Å²) in [6.07, 6.45) is 11.5. The van der Waals surface area contributed by atoms with Crippen LogP contribution in [0, 0.1) is 35.3 Å². The van der Waals surface area contributed by atoms with Crippen molar-refractivity contribution in [1.29, 1.82) is 0 Å². The molecule has 1 aromatic carbocycles. The van der Waals surface area contributed by atoms with Crippen molar-refractivity contribution in [2.45, 2.75) is 78.1 Å². The molecule has 2 fully saturated rings. The number of halogens is 2. The number of rotatable bonds is 9. The first-order valence-corrected chi connectivity index (χ1v) is 10.7. The number of aryl methyl sites for hydroxylation is 1. The van der Waals surface area contributed by atoms with Gasteiger partial charge in [0.05, 0.1) is 6.61 Å². The van der Waals surface area contributed by atoms with Gasteiger partial charge in [-0.3, -0.25) is 0 Å². The molecule has 0 amide bonds. The lowest BCUT2D eigenvalue weighted by molar-refractivity contribution is 0.286. The Balaban J connectivity index is 1.56. The van der Waals surface area contributed by atoms with E-state index in [1.54, 1.807) is 12.1 Å². The van der Waals surface area contributed by atoms with Crippen molar-refractivity contribution in [2.24, 2.45) is 23.7 Å². The minimum Gasteiger partial charge on any atom is -0.490 e. The fourth-order valence-electron chi connectivity index (χ4n) is 5.47. The molecule has 1 nitrogen and oxygen atoms in total. The molecule has 0 bridgehead atoms. The molecule has 1 aromatic rings. The van der Waals surface area contributed by atoms with Gasteiger partial charge in [0.1, 0.15) is 0 Å². The summed E-state index contributed by atoms with van der Waals surface area (Å²) in [6.45, 7) is 4.77. The minimum atomic E-state index is -0.813. The van der Waals surface area contributed by atoms with Gasteiger partial charge in [-0.05, 0) is 80.2 Å². The molecule has 0 aliphatic heterocycles. The molecule has 2 saturated carbocycles. The van der Waals surface area contributed by atoms with E-state index < -0.39 is 11.6 Å². The molecule has 26 heavy (non-hydrogen) atoms. The highest BCUT2D eigenvalue weighted by atomic mass is 19.2. The van der Waals surface area contributed by atoms with E-state index in [1.807, 2.05) is 6.92 Å². The molecule has 0 N–H and O–H groups in total. The zero-order valence-corrected chi connectivity index (χ0v) is 16.4. The van der Waals surface area contributed by atoms with E-state index in [0.717, 1.165) is 37.0 Å². The number of ether oxygens (including phenoxy) is 1. The molecule has 4 unspecified atom stereocenters. The van der Waals surface area contributed by atoms with Crippen LogP contribution >= 0.6 is 0 Å². The lowest BCUT2D eigenvalue weighted by Gasteiger charge is -2.21. The van der Waals surface area contributed by atoms with Gasteiger partial charge in [0.2, 0.25) is 5.82 Å². The molecule has 0 heterocycles. The van der Waals surface area contributed by atoms with Gasteiger partial charge in [0, 0.05) is 0 Å². The summed E-state index contributed by atoms with van der Waals surface area (Å²) in [7, 11) is 0. The van der Waals surface area contributed by atoms with Crippen LogP contribution in [0.25, 0.3) is 0 Å². The summed E-state index contributed by atoms with van der Waals surface area (Å²) in [5.74, 6) is 1.88. The van der Waals surface area contributed by atoms with Gasteiger partial charge >= 0.3 is 0 Å². The van der Waals surface area contributed by atoms with Gasteiger partial charge in [-0.1, -0.05) is 39.2 Å². The van der Waals surface area contributed by atoms with Crippen LogP contribution in [-0.4, -0.2) is 6.61 Å². The van der Waals surface area contributed by atoms with E-state index in [1.165, 1.54) is 38.5 Å². The second-order valence-electron chi connectivity index (χ2n) is 8.38. The van der Waals surface area contributed by atoms with Crippen LogP contribution in [0.2, 0.25) is 0 Å². The quantitative estimate of drug-likeness (QED) is 0.432. The van der Waals surface area contributed by atoms with Crippen LogP contribution in [-0.2, 0) is 6.42 Å². The Morgan fingerprint density at radius 2 is 1.58 bits per heavy atom. The highest BCUT2D eigenvalue weighted by Gasteiger charge is 2.43. The highest BCUT2D eigenvalue weighted by Crippen LogP contribution is 2.53. The molecule has 3 heteroatoms. The summed E-state index contributed by atoms with van der Waals surface area (Å²) in [5.41, 5.74) is 0.511. The maximum absolute atomic E-state index is 14.4. The van der Waals surface area contributed by atoms with Crippen molar-refractivity contribution in [3.8, 4) is 5.75 Å². The van der Waals surface area contributed by atoms with Crippen LogP contribution in [0.4, 0.5) is 8.78 Å². The lowest BCUT2D eigenvalue weighted by Crippen LogP contribution is -2.14. The van der Waals surface area contributed by atoms with Gasteiger partial charge in [-0.2, -0.15) is 4.39 Å². The van der Waals surface area contributed by atoms with Crippen LogP contribution in [0.15, 0.2) is 12.1 Å². The largest absolute Gasteiger partial charge is 0.490 e. The predicted octanol–water partition coefficient (Wildman–Crippen LogP) is 6.93. The first kappa shape index (κ1) is 19.6. The number of unbranched alkanes of at least 4 members (excludes halogenated alkanes) is 1. The third-order valence-corrected chi connectivity index (χ3v) is 6.83. The van der Waals surface area contributed by atoms with Gasteiger partial charge in [0.25, 0.3) is 0 Å². The van der Waals surface area contributed by atoms with Crippen molar-refractivity contribution in [3.63, 3.8) is 0 Å². The number of fused-ring (bicyclic) bond motifs is 1. The first-order valence-electron chi connectivity index (χ1n) is 10.7. The van der Waals surface area contributed by atoms with E-state index in [4.69, 9.17) is 4.74 Å². The van der Waals surface area contributed by atoms with E-state index in [0.29, 0.717) is 24.5 Å². The Labute approximate surface area is 157 Å². The molecule has 146 valence electrons. The molecule has 2 aliphatic rings. The van der Waals surface area contributed by atoms with E-state index >= 15 is 0 Å². The zero-order chi connectivity index (χ0) is 18.5. The summed E-state index contributed by atoms with van der Waals surface area (Å²) in [6, 6.07) is 3.33. The molecule has 0 radical (unpaired) electrons. The molecule has 4 atom stereocenters. The monoisotopic (exact) mass is 364 g/mol. The van der Waals surface area contributed by atoms with Crippen molar-refractivity contribution < 1.29 is 13.5 Å². The second kappa shape index (κ2) is 9.19. The molecule has 0 aromatic heterocycles. The molecule has 0 spiro atoms. The summed E-state index contributed by atoms with van der Waals surface area (Å²) < 4.78 is 34.0. The normalized spacial score (nSPS) is 27.7. The molecule has 3 rings (SSSR count). The Morgan fingerprint density at radius 1 is 0.885 bits per heavy atom. The van der Waals surface area contributed by atoms with E-state index in [-0.39, 0.29) is 5.75 Å². The SMILES string of the molecule is CCCCOc1ccc(CCC2CCC3C(CCC)CCC23)c(F)c1F. The second-order valence-corrected chi connectivity index (χ2v) is 8.38. The van der Waals surface area contributed by atoms with Crippen LogP contribution in [0.1, 0.15) is 77.2 Å². The van der Waals surface area contributed by atoms with Crippen LogP contribution in [0.5, 0.6) is 5.75 Å². The highest BCUT2D eigenvalue weighted by molar-refractivity contribution is 5.31. The number of benzene rings is 1. The number of hydrogen-bond donors (Lipinski definition) is 0. The van der Waals surface area contributed by atoms with Crippen molar-refractivity contribution >= 4 is 0 Å². The summed E-state index contributed by atoms with van der Waals surface area (Å²) in [5, 5.41) is 0. The summed E-state index contributed by atoms with van der Waals surface area (Å²) >= 11 is 0. The topological polar surface area (TPSA) is 9.23 Å². The molecule has 2 aliphatic carbocycles. The third kappa shape index (κ3) is 4.23. The maximum atomic E-state index is 14.4. The standard InChI is InChI=1S/C23H34F2O/c1-3-5-15-26-21-14-11-18(22(24)23(21)25)8-7-17-10-13-19-16(6-4-2)9-12-20(17)19/h11,14,16-17,19-20H,3-10,12-13,15H2,1-2H3. The maximum Gasteiger partial charge on any atom is 0.200 e. The third-order valence-electron chi connectivity index (χ3n) is 6.83. The van der Waals surface area contributed by atoms with Gasteiger partial charge < -0.3 is 4.74 Å². The fraction of sp³-hybridized carbons (Fsp3) is 0.739. The molecule has 0 saturated heterocycles. The molecular weight excluding hydrogens is 330 g/mol. The zero-order valence-electron chi connectivity index (χ0n) is 16.4. The number of hydrogen-bond acceptors (Lipinski definition) is 1. The van der Waals surface area contributed by atoms with Crippen molar-refractivity contribution in [2.75, 3.05) is 6.61 Å². The predicted molar refractivity (Wildman–Crippen MR) is 102 cm³/mol. The van der Waals surface area contributed by atoms with E-state index in [9.17, 15) is 8.78 Å². The van der Waals surface area contributed by atoms with Gasteiger partial charge in [-0.25, -0.2) is 4.39 Å². The van der Waals surface area contributed by atoms with Crippen molar-refractivity contribution in [1.82, 2.24) is 0 Å². The Kier molecular flexibility index (Phi) is 6.94. The Hall–Kier alpha value is -1.12. The average molecular weight is 365 g/mol. The smallest absolute Gasteiger partial charge is 0.200 e. The first-order chi connectivity index (χ1) is 12.7.